The van der Waals surface area contributed by atoms with Crippen molar-refractivity contribution in [2.45, 2.75) is 50.6 Å². The fraction of sp³-hybridized carbons (Fsp3) is 0.435. The standard InChI is InChI=1S/C23H26ClNO2/c1-23(2)13-19-22(15-6-4-3-5-7-15)21(16-8-10-17(24)11-9-16)18(12-20(26)27)25(19)14-23/h3-11,18-19,21-22H,12-14H2,1-2H3,(H,26,27). The highest BCUT2D eigenvalue weighted by Gasteiger charge is 2.55. The lowest BCUT2D eigenvalue weighted by Crippen LogP contribution is -2.36. The van der Waals surface area contributed by atoms with Gasteiger partial charge in [0.25, 0.3) is 0 Å². The zero-order valence-electron chi connectivity index (χ0n) is 15.8. The smallest absolute Gasteiger partial charge is 0.304 e. The van der Waals surface area contributed by atoms with Crippen molar-refractivity contribution in [1.82, 2.24) is 4.90 Å². The van der Waals surface area contributed by atoms with E-state index in [0.29, 0.717) is 17.0 Å². The third-order valence-electron chi connectivity index (χ3n) is 6.26. The van der Waals surface area contributed by atoms with Gasteiger partial charge >= 0.3 is 5.97 Å². The maximum atomic E-state index is 11.7. The minimum atomic E-state index is -0.726. The summed E-state index contributed by atoms with van der Waals surface area (Å²) in [7, 11) is 0. The van der Waals surface area contributed by atoms with Crippen LogP contribution in [0.1, 0.15) is 49.7 Å². The molecule has 2 heterocycles. The Morgan fingerprint density at radius 2 is 1.70 bits per heavy atom. The highest BCUT2D eigenvalue weighted by Crippen LogP contribution is 2.55. The van der Waals surface area contributed by atoms with Crippen LogP contribution in [0.15, 0.2) is 54.6 Å². The van der Waals surface area contributed by atoms with Crippen molar-refractivity contribution < 1.29 is 9.90 Å². The number of hydrogen-bond donors (Lipinski definition) is 1. The zero-order chi connectivity index (χ0) is 19.2. The summed E-state index contributed by atoms with van der Waals surface area (Å²) in [5.74, 6) is -0.281. The average Bonchev–Trinajstić information content (AvgIpc) is 3.07. The molecule has 0 saturated carbocycles. The number of halogens is 1. The van der Waals surface area contributed by atoms with Gasteiger partial charge in [-0.1, -0.05) is 67.9 Å². The molecule has 4 atom stereocenters. The first-order chi connectivity index (χ1) is 12.9. The molecule has 0 radical (unpaired) electrons. The molecule has 2 aliphatic heterocycles. The maximum Gasteiger partial charge on any atom is 0.304 e. The van der Waals surface area contributed by atoms with E-state index in [1.54, 1.807) is 0 Å². The third-order valence-corrected chi connectivity index (χ3v) is 6.52. The van der Waals surface area contributed by atoms with E-state index in [1.165, 1.54) is 11.1 Å². The van der Waals surface area contributed by atoms with Crippen molar-refractivity contribution in [3.63, 3.8) is 0 Å². The summed E-state index contributed by atoms with van der Waals surface area (Å²) < 4.78 is 0. The summed E-state index contributed by atoms with van der Waals surface area (Å²) in [5, 5.41) is 10.4. The molecule has 0 aliphatic carbocycles. The van der Waals surface area contributed by atoms with E-state index in [9.17, 15) is 9.90 Å². The molecule has 0 spiro atoms. The quantitative estimate of drug-likeness (QED) is 0.792. The van der Waals surface area contributed by atoms with Crippen molar-refractivity contribution in [2.75, 3.05) is 6.54 Å². The lowest BCUT2D eigenvalue weighted by molar-refractivity contribution is -0.138. The van der Waals surface area contributed by atoms with Crippen molar-refractivity contribution in [1.29, 1.82) is 0 Å². The second-order valence-corrected chi connectivity index (χ2v) is 9.22. The Morgan fingerprint density at radius 1 is 1.07 bits per heavy atom. The normalized spacial score (nSPS) is 29.6. The van der Waals surface area contributed by atoms with E-state index < -0.39 is 5.97 Å². The molecule has 0 amide bonds. The van der Waals surface area contributed by atoms with Gasteiger partial charge in [-0.2, -0.15) is 0 Å². The van der Waals surface area contributed by atoms with Gasteiger partial charge in [-0.15, -0.1) is 0 Å². The number of fused-ring (bicyclic) bond motifs is 1. The predicted octanol–water partition coefficient (Wildman–Crippen LogP) is 5.16. The van der Waals surface area contributed by atoms with Crippen LogP contribution in [0.3, 0.4) is 0 Å². The van der Waals surface area contributed by atoms with Crippen LogP contribution in [-0.2, 0) is 4.79 Å². The SMILES string of the molecule is CC1(C)CC2C(c3ccccc3)C(c3ccc(Cl)cc3)C(CC(=O)O)N2C1. The molecule has 4 rings (SSSR count). The monoisotopic (exact) mass is 383 g/mol. The van der Waals surface area contributed by atoms with E-state index in [2.05, 4.69) is 55.1 Å². The van der Waals surface area contributed by atoms with E-state index >= 15 is 0 Å². The van der Waals surface area contributed by atoms with Gasteiger partial charge in [0.15, 0.2) is 0 Å². The highest BCUT2D eigenvalue weighted by atomic mass is 35.5. The van der Waals surface area contributed by atoms with Gasteiger partial charge in [0.1, 0.15) is 0 Å². The van der Waals surface area contributed by atoms with Crippen molar-refractivity contribution in [2.24, 2.45) is 5.41 Å². The Hall–Kier alpha value is -1.84. The number of carboxylic acids is 1. The summed E-state index contributed by atoms with van der Waals surface area (Å²) in [6.07, 6.45) is 1.26. The number of aliphatic carboxylic acids is 1. The van der Waals surface area contributed by atoms with E-state index in [-0.39, 0.29) is 23.8 Å². The number of carboxylic acid groups (broad SMARTS) is 1. The topological polar surface area (TPSA) is 40.5 Å². The molecule has 0 bridgehead atoms. The van der Waals surface area contributed by atoms with Crippen LogP contribution in [0, 0.1) is 5.41 Å². The Bertz CT molecular complexity index is 818. The average molecular weight is 384 g/mol. The summed E-state index contributed by atoms with van der Waals surface area (Å²) >= 11 is 6.12. The second-order valence-electron chi connectivity index (χ2n) is 8.79. The summed E-state index contributed by atoms with van der Waals surface area (Å²) in [4.78, 5) is 14.2. The lowest BCUT2D eigenvalue weighted by Gasteiger charge is -2.30. The number of carbonyl (C=O) groups is 1. The number of rotatable bonds is 4. The molecule has 2 aromatic rings. The van der Waals surface area contributed by atoms with Crippen molar-refractivity contribution in [3.05, 3.63) is 70.7 Å². The molecule has 4 heteroatoms. The number of benzene rings is 2. The maximum absolute atomic E-state index is 11.7. The highest BCUT2D eigenvalue weighted by molar-refractivity contribution is 6.30. The molecule has 0 aromatic heterocycles. The molecule has 3 nitrogen and oxygen atoms in total. The van der Waals surface area contributed by atoms with Crippen LogP contribution in [0.5, 0.6) is 0 Å². The Kier molecular flexibility index (Phi) is 4.77. The van der Waals surface area contributed by atoms with Crippen LogP contribution in [0.25, 0.3) is 0 Å². The molecule has 2 aromatic carbocycles. The number of hydrogen-bond acceptors (Lipinski definition) is 2. The summed E-state index contributed by atoms with van der Waals surface area (Å²) in [6.45, 7) is 5.54. The van der Waals surface area contributed by atoms with Gasteiger partial charge in [-0.25, -0.2) is 0 Å². The Morgan fingerprint density at radius 3 is 2.33 bits per heavy atom. The van der Waals surface area contributed by atoms with Gasteiger partial charge in [-0.05, 0) is 35.1 Å². The molecule has 2 saturated heterocycles. The van der Waals surface area contributed by atoms with Crippen LogP contribution in [0.2, 0.25) is 5.02 Å². The fourth-order valence-corrected chi connectivity index (χ4v) is 5.51. The van der Waals surface area contributed by atoms with Crippen LogP contribution < -0.4 is 0 Å². The zero-order valence-corrected chi connectivity index (χ0v) is 16.6. The first-order valence-corrected chi connectivity index (χ1v) is 10.0. The molecule has 1 N–H and O–H groups in total. The van der Waals surface area contributed by atoms with E-state index in [0.717, 1.165) is 13.0 Å². The molecule has 4 unspecified atom stereocenters. The Balaban J connectivity index is 1.83. The van der Waals surface area contributed by atoms with Crippen LogP contribution in [0.4, 0.5) is 0 Å². The summed E-state index contributed by atoms with van der Waals surface area (Å²) in [5.41, 5.74) is 2.70. The lowest BCUT2D eigenvalue weighted by atomic mass is 9.74. The van der Waals surface area contributed by atoms with Gasteiger partial charge in [0.2, 0.25) is 0 Å². The number of nitrogens with zero attached hydrogens (tertiary/aromatic N) is 1. The molecule has 2 aliphatic rings. The molecular formula is C23H26ClNO2. The first kappa shape index (κ1) is 18.5. The van der Waals surface area contributed by atoms with E-state index in [4.69, 9.17) is 11.6 Å². The van der Waals surface area contributed by atoms with Gasteiger partial charge in [0.05, 0.1) is 6.42 Å². The largest absolute Gasteiger partial charge is 0.481 e. The van der Waals surface area contributed by atoms with E-state index in [1.807, 2.05) is 18.2 Å². The van der Waals surface area contributed by atoms with Gasteiger partial charge in [-0.3, -0.25) is 9.69 Å². The first-order valence-electron chi connectivity index (χ1n) is 9.64. The minimum absolute atomic E-state index is 0.000608. The molecule has 142 valence electrons. The van der Waals surface area contributed by atoms with Crippen molar-refractivity contribution >= 4 is 17.6 Å². The van der Waals surface area contributed by atoms with Crippen LogP contribution in [-0.4, -0.2) is 34.6 Å². The van der Waals surface area contributed by atoms with Crippen LogP contribution >= 0.6 is 11.6 Å². The summed E-state index contributed by atoms with van der Waals surface area (Å²) in [6, 6.07) is 19.0. The molecule has 27 heavy (non-hydrogen) atoms. The Labute approximate surface area is 166 Å². The second kappa shape index (κ2) is 6.96. The fourth-order valence-electron chi connectivity index (χ4n) is 5.38. The van der Waals surface area contributed by atoms with Crippen molar-refractivity contribution in [3.8, 4) is 0 Å². The minimum Gasteiger partial charge on any atom is -0.481 e. The van der Waals surface area contributed by atoms with Gasteiger partial charge in [0, 0.05) is 35.5 Å². The third kappa shape index (κ3) is 3.51. The molecular weight excluding hydrogens is 358 g/mol. The predicted molar refractivity (Wildman–Crippen MR) is 108 cm³/mol. The molecule has 2 fully saturated rings. The van der Waals surface area contributed by atoms with Gasteiger partial charge < -0.3 is 5.11 Å².